The Hall–Kier alpha value is -3.41. The SMILES string of the molecule is CCOc1ccc(Nc2nc3c(c(Nc4ccc(C)c(C)c4)n2)C(=O)CC(C)C3)cc1. The van der Waals surface area contributed by atoms with Crippen LogP contribution in [0.1, 0.15) is 47.4 Å². The van der Waals surface area contributed by atoms with Crippen LogP contribution in [0.5, 0.6) is 5.75 Å². The highest BCUT2D eigenvalue weighted by atomic mass is 16.5. The maximum absolute atomic E-state index is 12.8. The first-order valence-electron chi connectivity index (χ1n) is 10.7. The van der Waals surface area contributed by atoms with E-state index < -0.39 is 0 Å². The van der Waals surface area contributed by atoms with Crippen LogP contribution in [0.2, 0.25) is 0 Å². The van der Waals surface area contributed by atoms with Crippen LogP contribution in [-0.2, 0) is 6.42 Å². The van der Waals surface area contributed by atoms with Crippen molar-refractivity contribution in [1.29, 1.82) is 0 Å². The summed E-state index contributed by atoms with van der Waals surface area (Å²) in [4.78, 5) is 22.2. The van der Waals surface area contributed by atoms with Crippen molar-refractivity contribution in [2.24, 2.45) is 5.92 Å². The Labute approximate surface area is 183 Å². The van der Waals surface area contributed by atoms with Gasteiger partial charge >= 0.3 is 0 Å². The second-order valence-corrected chi connectivity index (χ2v) is 8.16. The van der Waals surface area contributed by atoms with Crippen molar-refractivity contribution in [3.05, 3.63) is 64.8 Å². The van der Waals surface area contributed by atoms with E-state index in [0.29, 0.717) is 30.4 Å². The summed E-state index contributed by atoms with van der Waals surface area (Å²) < 4.78 is 5.51. The van der Waals surface area contributed by atoms with E-state index in [4.69, 9.17) is 4.74 Å². The standard InChI is InChI=1S/C25H28N4O2/c1-5-31-20-10-8-18(9-11-20)27-25-28-21-12-15(2)13-22(30)23(21)24(29-25)26-19-7-6-16(3)17(4)14-19/h6-11,14-15H,5,12-13H2,1-4H3,(H2,26,27,28,29). The van der Waals surface area contributed by atoms with Crippen LogP contribution in [0.3, 0.4) is 0 Å². The maximum Gasteiger partial charge on any atom is 0.229 e. The van der Waals surface area contributed by atoms with Gasteiger partial charge in [0.2, 0.25) is 5.95 Å². The number of nitrogens with zero attached hydrogens (tertiary/aromatic N) is 2. The molecule has 2 aromatic carbocycles. The Balaban J connectivity index is 1.69. The van der Waals surface area contributed by atoms with Crippen LogP contribution in [0.4, 0.5) is 23.1 Å². The van der Waals surface area contributed by atoms with Gasteiger partial charge in [0.15, 0.2) is 5.78 Å². The minimum atomic E-state index is 0.0905. The predicted molar refractivity (Wildman–Crippen MR) is 124 cm³/mol. The number of nitrogens with one attached hydrogen (secondary N) is 2. The molecule has 0 bridgehead atoms. The fraction of sp³-hybridized carbons (Fsp3) is 0.320. The summed E-state index contributed by atoms with van der Waals surface area (Å²) in [6.45, 7) is 8.82. The van der Waals surface area contributed by atoms with Gasteiger partial charge in [-0.05, 0) is 80.6 Å². The summed E-state index contributed by atoms with van der Waals surface area (Å²) in [5, 5.41) is 6.64. The number of benzene rings is 2. The number of ether oxygens (including phenoxy) is 1. The molecule has 1 unspecified atom stereocenters. The molecule has 1 aromatic heterocycles. The first-order valence-corrected chi connectivity index (χ1v) is 10.7. The van der Waals surface area contributed by atoms with Crippen molar-refractivity contribution < 1.29 is 9.53 Å². The van der Waals surface area contributed by atoms with Gasteiger partial charge in [0.1, 0.15) is 11.6 Å². The molecule has 0 fully saturated rings. The largest absolute Gasteiger partial charge is 0.494 e. The normalized spacial score (nSPS) is 15.4. The highest BCUT2D eigenvalue weighted by Gasteiger charge is 2.28. The number of fused-ring (bicyclic) bond motifs is 1. The fourth-order valence-corrected chi connectivity index (χ4v) is 3.80. The third-order valence-electron chi connectivity index (χ3n) is 5.53. The van der Waals surface area contributed by atoms with Crippen LogP contribution in [0, 0.1) is 19.8 Å². The topological polar surface area (TPSA) is 76.1 Å². The van der Waals surface area contributed by atoms with E-state index in [2.05, 4.69) is 53.5 Å². The molecule has 2 N–H and O–H groups in total. The van der Waals surface area contributed by atoms with Crippen molar-refractivity contribution in [3.8, 4) is 5.75 Å². The van der Waals surface area contributed by atoms with Gasteiger partial charge in [-0.1, -0.05) is 13.0 Å². The molecule has 6 nitrogen and oxygen atoms in total. The van der Waals surface area contributed by atoms with Crippen LogP contribution in [0.25, 0.3) is 0 Å². The maximum atomic E-state index is 12.8. The van der Waals surface area contributed by atoms with E-state index in [1.165, 1.54) is 11.1 Å². The summed E-state index contributed by atoms with van der Waals surface area (Å²) in [7, 11) is 0. The molecular formula is C25H28N4O2. The molecule has 0 radical (unpaired) electrons. The molecule has 1 heterocycles. The van der Waals surface area contributed by atoms with Gasteiger partial charge in [-0.2, -0.15) is 4.98 Å². The Morgan fingerprint density at radius 3 is 2.42 bits per heavy atom. The van der Waals surface area contributed by atoms with Crippen molar-refractivity contribution in [3.63, 3.8) is 0 Å². The van der Waals surface area contributed by atoms with Gasteiger partial charge in [0.05, 0.1) is 17.9 Å². The minimum absolute atomic E-state index is 0.0905. The van der Waals surface area contributed by atoms with Gasteiger partial charge in [-0.25, -0.2) is 4.98 Å². The lowest BCUT2D eigenvalue weighted by atomic mass is 9.87. The summed E-state index contributed by atoms with van der Waals surface area (Å²) in [5.74, 6) is 2.20. The average Bonchev–Trinajstić information content (AvgIpc) is 2.72. The second kappa shape index (κ2) is 8.76. The Bertz CT molecular complexity index is 1110. The Morgan fingerprint density at radius 2 is 1.71 bits per heavy atom. The van der Waals surface area contributed by atoms with E-state index in [9.17, 15) is 4.79 Å². The van der Waals surface area contributed by atoms with Crippen LogP contribution < -0.4 is 15.4 Å². The van der Waals surface area contributed by atoms with Crippen LogP contribution >= 0.6 is 0 Å². The molecule has 0 saturated heterocycles. The zero-order valence-corrected chi connectivity index (χ0v) is 18.5. The van der Waals surface area contributed by atoms with Gasteiger partial charge in [0.25, 0.3) is 0 Å². The van der Waals surface area contributed by atoms with Crippen molar-refractivity contribution in [2.75, 3.05) is 17.2 Å². The molecule has 0 spiro atoms. The number of carbonyl (C=O) groups excluding carboxylic acids is 1. The highest BCUT2D eigenvalue weighted by Crippen LogP contribution is 2.32. The second-order valence-electron chi connectivity index (χ2n) is 8.16. The number of Topliss-reactive ketones (excluding diaryl/α,β-unsaturated/α-hetero) is 1. The molecule has 1 aliphatic carbocycles. The average molecular weight is 417 g/mol. The summed E-state index contributed by atoms with van der Waals surface area (Å²) in [6, 6.07) is 13.8. The third-order valence-corrected chi connectivity index (χ3v) is 5.53. The lowest BCUT2D eigenvalue weighted by Gasteiger charge is -2.23. The number of hydrogen-bond donors (Lipinski definition) is 2. The summed E-state index contributed by atoms with van der Waals surface area (Å²) in [5.41, 5.74) is 5.56. The molecule has 1 atom stereocenters. The van der Waals surface area contributed by atoms with Crippen LogP contribution in [0.15, 0.2) is 42.5 Å². The van der Waals surface area contributed by atoms with E-state index in [-0.39, 0.29) is 11.7 Å². The smallest absolute Gasteiger partial charge is 0.229 e. The molecule has 1 aliphatic rings. The first kappa shape index (κ1) is 20.8. The van der Waals surface area contributed by atoms with Crippen LogP contribution in [-0.4, -0.2) is 22.4 Å². The lowest BCUT2D eigenvalue weighted by molar-refractivity contribution is 0.0953. The van der Waals surface area contributed by atoms with E-state index in [0.717, 1.165) is 29.2 Å². The van der Waals surface area contributed by atoms with Crippen molar-refractivity contribution in [2.45, 2.75) is 40.5 Å². The van der Waals surface area contributed by atoms with E-state index in [1.807, 2.05) is 37.3 Å². The molecule has 0 saturated carbocycles. The molecule has 31 heavy (non-hydrogen) atoms. The number of anilines is 4. The summed E-state index contributed by atoms with van der Waals surface area (Å²) >= 11 is 0. The van der Waals surface area contributed by atoms with Crippen molar-refractivity contribution in [1.82, 2.24) is 9.97 Å². The fourth-order valence-electron chi connectivity index (χ4n) is 3.80. The first-order chi connectivity index (χ1) is 14.9. The third kappa shape index (κ3) is 4.68. The van der Waals surface area contributed by atoms with Gasteiger partial charge < -0.3 is 15.4 Å². The number of hydrogen-bond acceptors (Lipinski definition) is 6. The lowest BCUT2D eigenvalue weighted by Crippen LogP contribution is -2.22. The van der Waals surface area contributed by atoms with Gasteiger partial charge in [-0.3, -0.25) is 4.79 Å². The van der Waals surface area contributed by atoms with Gasteiger partial charge in [-0.15, -0.1) is 0 Å². The molecule has 0 amide bonds. The monoisotopic (exact) mass is 416 g/mol. The number of aryl methyl sites for hydroxylation is 2. The minimum Gasteiger partial charge on any atom is -0.494 e. The molecule has 4 rings (SSSR count). The molecule has 0 aliphatic heterocycles. The van der Waals surface area contributed by atoms with Crippen molar-refractivity contribution >= 4 is 28.9 Å². The molecule has 160 valence electrons. The zero-order chi connectivity index (χ0) is 22.0. The number of rotatable bonds is 6. The number of ketones is 1. The molecule has 3 aromatic rings. The van der Waals surface area contributed by atoms with Gasteiger partial charge in [0, 0.05) is 17.8 Å². The molecular weight excluding hydrogens is 388 g/mol. The summed E-state index contributed by atoms with van der Waals surface area (Å²) in [6.07, 6.45) is 1.27. The van der Waals surface area contributed by atoms with E-state index in [1.54, 1.807) is 0 Å². The quantitative estimate of drug-likeness (QED) is 0.533. The zero-order valence-electron chi connectivity index (χ0n) is 18.5. The Morgan fingerprint density at radius 1 is 0.968 bits per heavy atom. The molecule has 6 heteroatoms. The number of carbonyl (C=O) groups is 1. The highest BCUT2D eigenvalue weighted by molar-refractivity contribution is 6.03. The Kier molecular flexibility index (Phi) is 5.89. The predicted octanol–water partition coefficient (Wildman–Crippen LogP) is 5.74. The number of aromatic nitrogens is 2. The van der Waals surface area contributed by atoms with E-state index >= 15 is 0 Å².